The topological polar surface area (TPSA) is 0 Å². The molecule has 0 aliphatic heterocycles. The Morgan fingerprint density at radius 2 is 0.905 bits per heavy atom. The molecule has 0 amide bonds. The van der Waals surface area contributed by atoms with Gasteiger partial charge in [-0.3, -0.25) is 0 Å². The molecule has 3 heteroatoms. The Hall–Kier alpha value is -0.570. The summed E-state index contributed by atoms with van der Waals surface area (Å²) in [7, 11) is 0. The second kappa shape index (κ2) is 17.5. The van der Waals surface area contributed by atoms with Crippen molar-refractivity contribution in [2.24, 2.45) is 0 Å². The first-order chi connectivity index (χ1) is 8.86. The van der Waals surface area contributed by atoms with Gasteiger partial charge in [0.15, 0.2) is 0 Å². The van der Waals surface area contributed by atoms with Gasteiger partial charge in [0.05, 0.1) is 0 Å². The summed E-state index contributed by atoms with van der Waals surface area (Å²) in [6.45, 7) is 4.45. The van der Waals surface area contributed by atoms with E-state index >= 15 is 0 Å². The molecule has 0 saturated heterocycles. The van der Waals surface area contributed by atoms with Crippen molar-refractivity contribution in [2.45, 2.75) is 52.4 Å². The largest absolute Gasteiger partial charge is 4.00 e. The summed E-state index contributed by atoms with van der Waals surface area (Å²) < 4.78 is 0. The summed E-state index contributed by atoms with van der Waals surface area (Å²) in [5.41, 5.74) is 2.97. The van der Waals surface area contributed by atoms with Crippen LogP contribution < -0.4 is 9.41 Å². The zero-order valence-electron chi connectivity index (χ0n) is 13.1. The third-order valence-electron chi connectivity index (χ3n) is 3.10. The van der Waals surface area contributed by atoms with Crippen LogP contribution in [-0.2, 0) is 38.7 Å². The van der Waals surface area contributed by atoms with Crippen LogP contribution >= 0.6 is 0 Å². The molecule has 2 rings (SSSR count). The molecular weight excluding hydrogens is 433 g/mol. The van der Waals surface area contributed by atoms with Crippen LogP contribution in [0.2, 0.25) is 0 Å². The van der Waals surface area contributed by atoms with Crippen LogP contribution in [0.5, 0.6) is 0 Å². The van der Waals surface area contributed by atoms with E-state index in [1.165, 1.54) is 49.7 Å². The molecule has 0 bridgehead atoms. The van der Waals surface area contributed by atoms with Crippen molar-refractivity contribution in [3.05, 3.63) is 59.7 Å². The summed E-state index contributed by atoms with van der Waals surface area (Å²) in [4.78, 5) is 0. The average molecular weight is 459 g/mol. The van der Waals surface area contributed by atoms with E-state index in [0.717, 1.165) is 0 Å². The van der Waals surface area contributed by atoms with E-state index in [9.17, 15) is 0 Å². The SMILES string of the molecule is CCCC[c-]1cccc1.CCCC[c-]1cccc1.[F-].[F-].[Hf+4]. The van der Waals surface area contributed by atoms with Crippen LogP contribution in [0.1, 0.15) is 50.7 Å². The maximum atomic E-state index is 2.23. The van der Waals surface area contributed by atoms with Gasteiger partial charge in [-0.05, 0) is 0 Å². The monoisotopic (exact) mass is 460 g/mol. The third-order valence-corrected chi connectivity index (χ3v) is 3.10. The van der Waals surface area contributed by atoms with E-state index in [2.05, 4.69) is 62.4 Å². The first kappa shape index (κ1) is 25.4. The molecule has 116 valence electrons. The zero-order chi connectivity index (χ0) is 13.1. The van der Waals surface area contributed by atoms with E-state index in [1.807, 2.05) is 0 Å². The minimum atomic E-state index is 0. The van der Waals surface area contributed by atoms with Gasteiger partial charge in [0.2, 0.25) is 0 Å². The Balaban J connectivity index is -0.000000270. The maximum Gasteiger partial charge on any atom is 4.00 e. The van der Waals surface area contributed by atoms with Gasteiger partial charge < -0.3 is 9.41 Å². The number of unbranched alkanes of at least 4 members (excludes halogenated alkanes) is 2. The van der Waals surface area contributed by atoms with Gasteiger partial charge in [0, 0.05) is 0 Å². The fourth-order valence-electron chi connectivity index (χ4n) is 1.92. The second-order valence-corrected chi connectivity index (χ2v) is 4.79. The first-order valence-corrected chi connectivity index (χ1v) is 7.28. The summed E-state index contributed by atoms with van der Waals surface area (Å²) >= 11 is 0. The van der Waals surface area contributed by atoms with Crippen LogP contribution in [0, 0.1) is 0 Å². The van der Waals surface area contributed by atoms with Crippen LogP contribution in [0.3, 0.4) is 0 Å². The molecule has 0 nitrogen and oxygen atoms in total. The molecule has 0 atom stereocenters. The predicted octanol–water partition coefficient (Wildman–Crippen LogP) is -0.498. The van der Waals surface area contributed by atoms with Crippen molar-refractivity contribution in [2.75, 3.05) is 0 Å². The van der Waals surface area contributed by atoms with Gasteiger partial charge in [-0.15, -0.1) is 0 Å². The molecular formula is C18H26F2Hf. The fraction of sp³-hybridized carbons (Fsp3) is 0.444. The second-order valence-electron chi connectivity index (χ2n) is 4.79. The van der Waals surface area contributed by atoms with Gasteiger partial charge in [-0.2, -0.15) is 35.4 Å². The summed E-state index contributed by atoms with van der Waals surface area (Å²) in [5.74, 6) is 0. The zero-order valence-corrected chi connectivity index (χ0v) is 16.7. The number of halogens is 2. The number of hydrogen-bond acceptors (Lipinski definition) is 0. The molecule has 0 radical (unpaired) electrons. The maximum absolute atomic E-state index is 2.23. The quantitative estimate of drug-likeness (QED) is 0.404. The predicted molar refractivity (Wildman–Crippen MR) is 81.3 cm³/mol. The van der Waals surface area contributed by atoms with Crippen LogP contribution in [-0.4, -0.2) is 0 Å². The van der Waals surface area contributed by atoms with Gasteiger partial charge in [-0.1, -0.05) is 52.4 Å². The molecule has 2 aromatic rings. The number of hydrogen-bond donors (Lipinski definition) is 0. The molecule has 2 aromatic carbocycles. The molecule has 0 heterocycles. The molecule has 0 aliphatic carbocycles. The Bertz CT molecular complexity index is 328. The van der Waals surface area contributed by atoms with Crippen LogP contribution in [0.4, 0.5) is 0 Å². The Kier molecular flexibility index (Phi) is 21.1. The summed E-state index contributed by atoms with van der Waals surface area (Å²) in [6, 6.07) is 17.2. The van der Waals surface area contributed by atoms with E-state index in [0.29, 0.717) is 0 Å². The fourth-order valence-corrected chi connectivity index (χ4v) is 1.92. The van der Waals surface area contributed by atoms with Crippen molar-refractivity contribution in [3.8, 4) is 0 Å². The third kappa shape index (κ3) is 12.9. The van der Waals surface area contributed by atoms with Crippen molar-refractivity contribution >= 4 is 0 Å². The number of rotatable bonds is 6. The van der Waals surface area contributed by atoms with E-state index in [4.69, 9.17) is 0 Å². The normalized spacial score (nSPS) is 8.48. The standard InChI is InChI=1S/2C9H13.2FH.Hf/c2*1-2-3-6-9-7-4-5-8-9;;;/h2*4-5,7-8H,2-3,6H2,1H3;2*1H;/q2*-1;;;+4/p-2. The van der Waals surface area contributed by atoms with E-state index in [1.54, 1.807) is 0 Å². The summed E-state index contributed by atoms with van der Waals surface area (Å²) in [5, 5.41) is 0. The van der Waals surface area contributed by atoms with E-state index in [-0.39, 0.29) is 35.3 Å². The molecule has 0 fully saturated rings. The van der Waals surface area contributed by atoms with Crippen molar-refractivity contribution < 1.29 is 35.3 Å². The minimum absolute atomic E-state index is 0. The molecule has 0 aromatic heterocycles. The summed E-state index contributed by atoms with van der Waals surface area (Å²) in [6.07, 6.45) is 7.75. The Labute approximate surface area is 147 Å². The Morgan fingerprint density at radius 1 is 0.619 bits per heavy atom. The van der Waals surface area contributed by atoms with Crippen LogP contribution in [0.25, 0.3) is 0 Å². The smallest absolute Gasteiger partial charge is 1.00 e. The van der Waals surface area contributed by atoms with Gasteiger partial charge in [0.25, 0.3) is 0 Å². The minimum Gasteiger partial charge on any atom is -1.00 e. The average Bonchev–Trinajstić information content (AvgIpc) is 3.07. The van der Waals surface area contributed by atoms with E-state index < -0.39 is 0 Å². The first-order valence-electron chi connectivity index (χ1n) is 7.28. The van der Waals surface area contributed by atoms with Gasteiger partial charge >= 0.3 is 25.8 Å². The van der Waals surface area contributed by atoms with Crippen molar-refractivity contribution in [1.29, 1.82) is 0 Å². The molecule has 0 aliphatic rings. The molecule has 0 saturated carbocycles. The van der Waals surface area contributed by atoms with Gasteiger partial charge in [-0.25, -0.2) is 24.3 Å². The molecule has 0 spiro atoms. The number of aryl methyl sites for hydroxylation is 2. The van der Waals surface area contributed by atoms with Crippen LogP contribution in [0.15, 0.2) is 48.5 Å². The molecule has 0 unspecified atom stereocenters. The van der Waals surface area contributed by atoms with Gasteiger partial charge in [0.1, 0.15) is 0 Å². The molecule has 21 heavy (non-hydrogen) atoms. The van der Waals surface area contributed by atoms with Crippen molar-refractivity contribution in [1.82, 2.24) is 0 Å². The van der Waals surface area contributed by atoms with Crippen molar-refractivity contribution in [3.63, 3.8) is 0 Å². The molecule has 0 N–H and O–H groups in total. The Morgan fingerprint density at radius 3 is 1.14 bits per heavy atom.